The summed E-state index contributed by atoms with van der Waals surface area (Å²) in [6, 6.07) is 4.93. The summed E-state index contributed by atoms with van der Waals surface area (Å²) in [6.45, 7) is 16.2. The first-order valence-corrected chi connectivity index (χ1v) is 11.9. The topological polar surface area (TPSA) is 32.9 Å². The average Bonchev–Trinajstić information content (AvgIpc) is 3.08. The van der Waals surface area contributed by atoms with E-state index in [0.717, 1.165) is 24.1 Å². The largest absolute Gasteiger partial charge is 0.325 e. The van der Waals surface area contributed by atoms with Gasteiger partial charge in [0, 0.05) is 24.5 Å². The minimum atomic E-state index is -0.861. The first-order chi connectivity index (χ1) is 15.1. The lowest BCUT2D eigenvalue weighted by atomic mass is 9.90. The highest BCUT2D eigenvalue weighted by Gasteiger charge is 2.31. The molecular weight excluding hydrogens is 404 g/mol. The maximum atomic E-state index is 14.0. The van der Waals surface area contributed by atoms with E-state index in [0.29, 0.717) is 5.56 Å². The summed E-state index contributed by atoms with van der Waals surface area (Å²) in [5, 5.41) is 0. The number of unbranched alkanes of at least 4 members (excludes halogenated alkanes) is 1. The van der Waals surface area contributed by atoms with E-state index >= 15 is 0 Å². The van der Waals surface area contributed by atoms with Crippen LogP contribution in [-0.4, -0.2) is 4.98 Å². The summed E-state index contributed by atoms with van der Waals surface area (Å²) in [5.74, 6) is -1.70. The standard InChI is InChI=1S/C18H19F2NO.C8H16.C2H6.H2/c1-10-4-5-11(15(20)14(10)19)8-13-9-12-6-7-18(2,3)16(12)21-17(13)22;1-4-6-7-8(3)5-2;1-2;/h4-5,9H,6-8H2,1-3H3,(H,21,22);5H,4,6-7H2,1-3H3;1-2H3;1H/b;8-5+;;. The van der Waals surface area contributed by atoms with Gasteiger partial charge >= 0.3 is 0 Å². The fourth-order valence-electron chi connectivity index (χ4n) is 3.75. The average molecular weight is 448 g/mol. The van der Waals surface area contributed by atoms with Crippen LogP contribution in [0.15, 0.2) is 34.6 Å². The smallest absolute Gasteiger partial charge is 0.251 e. The fourth-order valence-corrected chi connectivity index (χ4v) is 3.75. The van der Waals surface area contributed by atoms with Crippen LogP contribution in [0, 0.1) is 18.6 Å². The molecule has 0 saturated heterocycles. The van der Waals surface area contributed by atoms with E-state index in [-0.39, 0.29) is 29.9 Å². The molecule has 0 radical (unpaired) electrons. The lowest BCUT2D eigenvalue weighted by molar-refractivity contribution is 0.495. The molecule has 0 fully saturated rings. The lowest BCUT2D eigenvalue weighted by Gasteiger charge is -2.18. The van der Waals surface area contributed by atoms with Gasteiger partial charge in [-0.05, 0) is 69.2 Å². The van der Waals surface area contributed by atoms with Crippen molar-refractivity contribution in [1.29, 1.82) is 0 Å². The SMILES string of the molecule is C/C=C(\C)CCCC.CC.Cc1ccc(Cc2cc3c([nH]c2=O)C(C)(C)CC3)c(F)c1F.[HH]. The molecule has 3 rings (SSSR count). The number of fused-ring (bicyclic) bond motifs is 1. The number of aromatic nitrogens is 1. The Morgan fingerprint density at radius 1 is 1.19 bits per heavy atom. The van der Waals surface area contributed by atoms with E-state index in [2.05, 4.69) is 45.7 Å². The quantitative estimate of drug-likeness (QED) is 0.460. The van der Waals surface area contributed by atoms with Gasteiger partial charge in [0.25, 0.3) is 5.56 Å². The normalized spacial score (nSPS) is 14.1. The van der Waals surface area contributed by atoms with Gasteiger partial charge in [0.05, 0.1) is 0 Å². The molecule has 4 heteroatoms. The third-order valence-corrected chi connectivity index (χ3v) is 6.05. The Morgan fingerprint density at radius 3 is 2.44 bits per heavy atom. The Morgan fingerprint density at radius 2 is 1.84 bits per heavy atom. The molecule has 32 heavy (non-hydrogen) atoms. The number of hydrogen-bond acceptors (Lipinski definition) is 1. The Kier molecular flexibility index (Phi) is 11.0. The van der Waals surface area contributed by atoms with Gasteiger partial charge < -0.3 is 4.98 Å². The molecule has 1 aromatic carbocycles. The molecule has 180 valence electrons. The van der Waals surface area contributed by atoms with Crippen LogP contribution in [-0.2, 0) is 18.3 Å². The van der Waals surface area contributed by atoms with Crippen molar-refractivity contribution < 1.29 is 10.2 Å². The van der Waals surface area contributed by atoms with Gasteiger partial charge in [-0.15, -0.1) is 0 Å². The van der Waals surface area contributed by atoms with Gasteiger partial charge in [0.15, 0.2) is 11.6 Å². The van der Waals surface area contributed by atoms with Gasteiger partial charge in [-0.25, -0.2) is 8.78 Å². The number of pyridine rings is 1. The van der Waals surface area contributed by atoms with Crippen molar-refractivity contribution in [2.75, 3.05) is 0 Å². The number of aromatic amines is 1. The first kappa shape index (κ1) is 27.8. The molecule has 1 aliphatic carbocycles. The van der Waals surface area contributed by atoms with E-state index < -0.39 is 11.6 Å². The Hall–Kier alpha value is -2.23. The Balaban J connectivity index is 0.000000798. The third-order valence-electron chi connectivity index (χ3n) is 6.05. The van der Waals surface area contributed by atoms with E-state index in [1.165, 1.54) is 31.8 Å². The number of halogens is 2. The molecule has 1 heterocycles. The molecule has 1 aliphatic rings. The number of H-pyrrole nitrogens is 1. The Labute approximate surface area is 194 Å². The molecule has 0 amide bonds. The predicted molar refractivity (Wildman–Crippen MR) is 135 cm³/mol. The molecule has 1 aromatic heterocycles. The monoisotopic (exact) mass is 447 g/mol. The summed E-state index contributed by atoms with van der Waals surface area (Å²) in [7, 11) is 0. The highest BCUT2D eigenvalue weighted by atomic mass is 19.2. The summed E-state index contributed by atoms with van der Waals surface area (Å²) >= 11 is 0. The number of hydrogen-bond donors (Lipinski definition) is 1. The molecule has 2 nitrogen and oxygen atoms in total. The minimum absolute atomic E-state index is 0. The number of allylic oxidation sites excluding steroid dienone is 2. The molecule has 0 aliphatic heterocycles. The number of rotatable bonds is 5. The van der Waals surface area contributed by atoms with Crippen LogP contribution in [0.25, 0.3) is 0 Å². The molecule has 0 saturated carbocycles. The van der Waals surface area contributed by atoms with Crippen molar-refractivity contribution in [3.63, 3.8) is 0 Å². The molecule has 0 unspecified atom stereocenters. The van der Waals surface area contributed by atoms with Gasteiger partial charge in [0.2, 0.25) is 0 Å². The van der Waals surface area contributed by atoms with Gasteiger partial charge in [-0.3, -0.25) is 4.79 Å². The highest BCUT2D eigenvalue weighted by Crippen LogP contribution is 2.36. The van der Waals surface area contributed by atoms with E-state index in [1.54, 1.807) is 12.1 Å². The number of nitrogens with one attached hydrogen (secondary N) is 1. The second kappa shape index (κ2) is 12.7. The second-order valence-electron chi connectivity index (χ2n) is 8.99. The van der Waals surface area contributed by atoms with Crippen molar-refractivity contribution in [3.05, 3.63) is 79.8 Å². The van der Waals surface area contributed by atoms with Crippen LogP contribution < -0.4 is 5.56 Å². The van der Waals surface area contributed by atoms with Crippen molar-refractivity contribution in [1.82, 2.24) is 4.98 Å². The van der Waals surface area contributed by atoms with E-state index in [4.69, 9.17) is 0 Å². The van der Waals surface area contributed by atoms with Crippen molar-refractivity contribution in [2.45, 2.75) is 99.3 Å². The maximum absolute atomic E-state index is 14.0. The van der Waals surface area contributed by atoms with Crippen molar-refractivity contribution >= 4 is 0 Å². The van der Waals surface area contributed by atoms with Crippen LogP contribution >= 0.6 is 0 Å². The molecule has 0 atom stereocenters. The van der Waals surface area contributed by atoms with Gasteiger partial charge in [-0.2, -0.15) is 0 Å². The van der Waals surface area contributed by atoms with Crippen LogP contribution in [0.2, 0.25) is 0 Å². The zero-order valence-corrected chi connectivity index (χ0v) is 21.2. The lowest BCUT2D eigenvalue weighted by Crippen LogP contribution is -2.22. The summed E-state index contributed by atoms with van der Waals surface area (Å²) in [6.07, 6.45) is 8.11. The minimum Gasteiger partial charge on any atom is -0.325 e. The number of benzene rings is 1. The molecule has 0 spiro atoms. The zero-order chi connectivity index (χ0) is 24.5. The van der Waals surface area contributed by atoms with Crippen LogP contribution in [0.3, 0.4) is 0 Å². The molecule has 0 bridgehead atoms. The Bertz CT molecular complexity index is 977. The molecular formula is C28H43F2NO. The van der Waals surface area contributed by atoms with E-state index in [1.807, 2.05) is 19.9 Å². The van der Waals surface area contributed by atoms with Gasteiger partial charge in [-0.1, -0.05) is 64.8 Å². The summed E-state index contributed by atoms with van der Waals surface area (Å²) < 4.78 is 27.6. The predicted octanol–water partition coefficient (Wildman–Crippen LogP) is 8.19. The molecule has 2 aromatic rings. The zero-order valence-electron chi connectivity index (χ0n) is 21.2. The summed E-state index contributed by atoms with van der Waals surface area (Å²) in [5.41, 5.74) is 4.31. The maximum Gasteiger partial charge on any atom is 0.251 e. The van der Waals surface area contributed by atoms with Crippen molar-refractivity contribution in [3.8, 4) is 0 Å². The van der Waals surface area contributed by atoms with Gasteiger partial charge in [0.1, 0.15) is 0 Å². The summed E-state index contributed by atoms with van der Waals surface area (Å²) in [4.78, 5) is 15.2. The van der Waals surface area contributed by atoms with Crippen LogP contribution in [0.1, 0.15) is 104 Å². The third kappa shape index (κ3) is 7.15. The molecule has 1 N–H and O–H groups in total. The second-order valence-corrected chi connectivity index (χ2v) is 8.99. The highest BCUT2D eigenvalue weighted by molar-refractivity contribution is 5.37. The van der Waals surface area contributed by atoms with Crippen LogP contribution in [0.4, 0.5) is 8.78 Å². The van der Waals surface area contributed by atoms with E-state index in [9.17, 15) is 13.6 Å². The first-order valence-electron chi connectivity index (χ1n) is 11.9. The van der Waals surface area contributed by atoms with Crippen LogP contribution in [0.5, 0.6) is 0 Å². The fraction of sp³-hybridized carbons (Fsp3) is 0.536. The van der Waals surface area contributed by atoms with Crippen molar-refractivity contribution in [2.24, 2.45) is 0 Å². The number of aryl methyl sites for hydroxylation is 2.